The molecule has 2 aromatic heterocycles. The number of hydrogen-bond acceptors (Lipinski definition) is 8. The molecule has 1 unspecified atom stereocenters. The monoisotopic (exact) mass is 338 g/mol. The number of nitrogens with zero attached hydrogens (tertiary/aromatic N) is 3. The smallest absolute Gasteiger partial charge is 0.322 e. The molecule has 0 aromatic carbocycles. The molecule has 0 fully saturated rings. The number of carbonyl (C=O) groups excluding carboxylic acids is 1. The molecule has 0 saturated heterocycles. The van der Waals surface area contributed by atoms with Crippen LogP contribution in [-0.4, -0.2) is 44.7 Å². The van der Waals surface area contributed by atoms with E-state index in [9.17, 15) is 9.59 Å². The summed E-state index contributed by atoms with van der Waals surface area (Å²) in [5.74, 6) is -0.120. The average molecular weight is 338 g/mol. The van der Waals surface area contributed by atoms with Gasteiger partial charge in [0.1, 0.15) is 19.4 Å². The van der Waals surface area contributed by atoms with Crippen molar-refractivity contribution < 1.29 is 14.3 Å². The molecule has 5 N–H and O–H groups in total. The van der Waals surface area contributed by atoms with Crippen LogP contribution in [0.3, 0.4) is 0 Å². The SMILES string of the molecule is CC(C)CC(N)C(=O)OCCOCn1cnc2c(=O)[nH]c(N)nc21. The number of H-pyrrole nitrogens is 1. The van der Waals surface area contributed by atoms with Gasteiger partial charge >= 0.3 is 5.97 Å². The van der Waals surface area contributed by atoms with E-state index in [2.05, 4.69) is 15.0 Å². The van der Waals surface area contributed by atoms with E-state index >= 15 is 0 Å². The van der Waals surface area contributed by atoms with Gasteiger partial charge in [0.05, 0.1) is 12.9 Å². The summed E-state index contributed by atoms with van der Waals surface area (Å²) in [6, 6.07) is -0.624. The van der Waals surface area contributed by atoms with Crippen molar-refractivity contribution in [2.75, 3.05) is 18.9 Å². The second kappa shape index (κ2) is 7.88. The normalized spacial score (nSPS) is 12.7. The minimum atomic E-state index is -0.624. The maximum atomic E-state index is 11.6. The molecule has 10 heteroatoms. The zero-order chi connectivity index (χ0) is 17.7. The summed E-state index contributed by atoms with van der Waals surface area (Å²) in [4.78, 5) is 33.6. The summed E-state index contributed by atoms with van der Waals surface area (Å²) in [6.45, 7) is 4.34. The van der Waals surface area contributed by atoms with Gasteiger partial charge in [0.2, 0.25) is 5.95 Å². The minimum Gasteiger partial charge on any atom is -0.462 e. The van der Waals surface area contributed by atoms with Crippen LogP contribution < -0.4 is 17.0 Å². The van der Waals surface area contributed by atoms with Crippen molar-refractivity contribution in [1.82, 2.24) is 19.5 Å². The van der Waals surface area contributed by atoms with Crippen molar-refractivity contribution in [3.8, 4) is 0 Å². The average Bonchev–Trinajstić information content (AvgIpc) is 2.89. The number of anilines is 1. The fourth-order valence-corrected chi connectivity index (χ4v) is 2.14. The highest BCUT2D eigenvalue weighted by Crippen LogP contribution is 2.06. The molecule has 0 bridgehead atoms. The molecule has 1 atom stereocenters. The Morgan fingerprint density at radius 2 is 2.17 bits per heavy atom. The molecule has 132 valence electrons. The summed E-state index contributed by atoms with van der Waals surface area (Å²) in [6.07, 6.45) is 2.00. The van der Waals surface area contributed by atoms with E-state index in [1.54, 1.807) is 0 Å². The number of nitrogens with one attached hydrogen (secondary N) is 1. The van der Waals surface area contributed by atoms with Gasteiger partial charge in [-0.3, -0.25) is 19.1 Å². The number of rotatable bonds is 8. The Hall–Kier alpha value is -2.46. The number of fused-ring (bicyclic) bond motifs is 1. The number of nitrogens with two attached hydrogens (primary N) is 2. The number of carbonyl (C=O) groups is 1. The number of aromatic nitrogens is 4. The minimum absolute atomic E-state index is 0.00215. The third kappa shape index (κ3) is 4.52. The van der Waals surface area contributed by atoms with Gasteiger partial charge in [0.25, 0.3) is 5.56 Å². The molecular formula is C14H22N6O4. The Kier molecular flexibility index (Phi) is 5.88. The largest absolute Gasteiger partial charge is 0.462 e. The van der Waals surface area contributed by atoms with Crippen molar-refractivity contribution in [2.24, 2.45) is 11.7 Å². The fraction of sp³-hybridized carbons (Fsp3) is 0.571. The van der Waals surface area contributed by atoms with Gasteiger partial charge in [-0.05, 0) is 12.3 Å². The predicted octanol–water partition coefficient (Wildman–Crippen LogP) is -0.407. The van der Waals surface area contributed by atoms with Gasteiger partial charge in [-0.2, -0.15) is 4.98 Å². The quantitative estimate of drug-likeness (QED) is 0.434. The Morgan fingerprint density at radius 1 is 1.42 bits per heavy atom. The molecule has 2 aromatic rings. The number of ether oxygens (including phenoxy) is 2. The van der Waals surface area contributed by atoms with E-state index in [1.807, 2.05) is 13.8 Å². The summed E-state index contributed by atoms with van der Waals surface area (Å²) in [5.41, 5.74) is 11.3. The number of aromatic amines is 1. The maximum absolute atomic E-state index is 11.6. The summed E-state index contributed by atoms with van der Waals surface area (Å²) in [5, 5.41) is 0. The Bertz CT molecular complexity index is 753. The van der Waals surface area contributed by atoms with E-state index in [-0.39, 0.29) is 31.4 Å². The van der Waals surface area contributed by atoms with Crippen molar-refractivity contribution >= 4 is 23.1 Å². The molecule has 0 radical (unpaired) electrons. The lowest BCUT2D eigenvalue weighted by atomic mass is 10.1. The van der Waals surface area contributed by atoms with Gasteiger partial charge in [0.15, 0.2) is 11.2 Å². The number of nitrogen functional groups attached to an aromatic ring is 1. The van der Waals surface area contributed by atoms with E-state index in [1.165, 1.54) is 10.9 Å². The molecule has 10 nitrogen and oxygen atoms in total. The van der Waals surface area contributed by atoms with E-state index in [0.717, 1.165) is 0 Å². The van der Waals surface area contributed by atoms with Crippen molar-refractivity contribution in [3.63, 3.8) is 0 Å². The van der Waals surface area contributed by atoms with Crippen LogP contribution in [0.15, 0.2) is 11.1 Å². The Balaban J connectivity index is 1.79. The van der Waals surface area contributed by atoms with Crippen molar-refractivity contribution in [3.05, 3.63) is 16.7 Å². The number of imidazole rings is 1. The van der Waals surface area contributed by atoms with Crippen LogP contribution in [0.1, 0.15) is 20.3 Å². The first kappa shape index (κ1) is 17.9. The van der Waals surface area contributed by atoms with Crippen molar-refractivity contribution in [2.45, 2.75) is 33.0 Å². The first-order valence-corrected chi connectivity index (χ1v) is 7.59. The van der Waals surface area contributed by atoms with Gasteiger partial charge in [-0.15, -0.1) is 0 Å². The van der Waals surface area contributed by atoms with Crippen LogP contribution in [0.25, 0.3) is 11.2 Å². The Labute approximate surface area is 138 Å². The van der Waals surface area contributed by atoms with Gasteiger partial charge in [-0.1, -0.05) is 13.8 Å². The highest BCUT2D eigenvalue weighted by Gasteiger charge is 2.16. The van der Waals surface area contributed by atoms with E-state index < -0.39 is 17.6 Å². The summed E-state index contributed by atoms with van der Waals surface area (Å²) < 4.78 is 12.0. The predicted molar refractivity (Wildman–Crippen MR) is 86.9 cm³/mol. The molecule has 0 saturated carbocycles. The van der Waals surface area contributed by atoms with E-state index in [0.29, 0.717) is 18.0 Å². The summed E-state index contributed by atoms with van der Waals surface area (Å²) >= 11 is 0. The highest BCUT2D eigenvalue weighted by molar-refractivity contribution is 5.75. The van der Waals surface area contributed by atoms with Crippen LogP contribution in [0.4, 0.5) is 5.95 Å². The zero-order valence-corrected chi connectivity index (χ0v) is 13.7. The number of hydrogen-bond donors (Lipinski definition) is 3. The third-order valence-electron chi connectivity index (χ3n) is 3.22. The number of esters is 1. The lowest BCUT2D eigenvalue weighted by Crippen LogP contribution is -2.34. The van der Waals surface area contributed by atoms with Crippen LogP contribution in [0, 0.1) is 5.92 Å². The third-order valence-corrected chi connectivity index (χ3v) is 3.22. The maximum Gasteiger partial charge on any atom is 0.322 e. The van der Waals surface area contributed by atoms with Gasteiger partial charge in [-0.25, -0.2) is 4.98 Å². The molecule has 0 aliphatic carbocycles. The molecule has 0 aliphatic heterocycles. The van der Waals surface area contributed by atoms with Gasteiger partial charge in [0, 0.05) is 0 Å². The van der Waals surface area contributed by atoms with E-state index in [4.69, 9.17) is 20.9 Å². The van der Waals surface area contributed by atoms with Crippen LogP contribution >= 0.6 is 0 Å². The van der Waals surface area contributed by atoms with Crippen LogP contribution in [-0.2, 0) is 21.0 Å². The summed E-state index contributed by atoms with van der Waals surface area (Å²) in [7, 11) is 0. The lowest BCUT2D eigenvalue weighted by Gasteiger charge is -2.13. The fourth-order valence-electron chi connectivity index (χ4n) is 2.14. The van der Waals surface area contributed by atoms with Gasteiger partial charge < -0.3 is 20.9 Å². The Morgan fingerprint density at radius 3 is 2.88 bits per heavy atom. The molecule has 0 spiro atoms. The topological polar surface area (TPSA) is 151 Å². The molecule has 0 aliphatic rings. The second-order valence-corrected chi connectivity index (χ2v) is 5.78. The van der Waals surface area contributed by atoms with Crippen molar-refractivity contribution in [1.29, 1.82) is 0 Å². The first-order valence-electron chi connectivity index (χ1n) is 7.59. The van der Waals surface area contributed by atoms with Crippen LogP contribution in [0.5, 0.6) is 0 Å². The molecule has 2 heterocycles. The zero-order valence-electron chi connectivity index (χ0n) is 13.7. The van der Waals surface area contributed by atoms with Crippen LogP contribution in [0.2, 0.25) is 0 Å². The lowest BCUT2D eigenvalue weighted by molar-refractivity contribution is -0.147. The molecule has 24 heavy (non-hydrogen) atoms. The highest BCUT2D eigenvalue weighted by atomic mass is 16.6. The molecule has 0 amide bonds. The standard InChI is InChI=1S/C14H22N6O4/c1-8(2)5-9(15)13(22)24-4-3-23-7-20-6-17-10-11(20)18-14(16)19-12(10)21/h6,8-9H,3-5,7,15H2,1-2H3,(H3,16,18,19,21). The molecule has 2 rings (SSSR count). The second-order valence-electron chi connectivity index (χ2n) is 5.78. The molecular weight excluding hydrogens is 316 g/mol. The first-order chi connectivity index (χ1) is 11.4.